The zero-order chi connectivity index (χ0) is 37.0. The number of anilines is 2. The monoisotopic (exact) mass is 704 g/mol. The van der Waals surface area contributed by atoms with Gasteiger partial charge in [0, 0.05) is 29.9 Å². The SMILES string of the molecule is CC(C)(C)c1ccc(N2CCc3ccccc3[C@@H]2[C@H](N=C(c2ccccc2)c2ccccc2NC(=O)[C@@H]2CCCN2Cc2ccccc2)C(=O)O)cc1. The van der Waals surface area contributed by atoms with Gasteiger partial charge in [0.1, 0.15) is 0 Å². The molecule has 0 aliphatic carbocycles. The number of nitrogens with zero attached hydrogens (tertiary/aromatic N) is 3. The van der Waals surface area contributed by atoms with E-state index in [-0.39, 0.29) is 17.4 Å². The van der Waals surface area contributed by atoms with Crippen molar-refractivity contribution >= 4 is 29.0 Å². The average Bonchev–Trinajstić information content (AvgIpc) is 3.64. The Balaban J connectivity index is 1.29. The smallest absolute Gasteiger partial charge is 0.330 e. The molecule has 2 heterocycles. The summed E-state index contributed by atoms with van der Waals surface area (Å²) < 4.78 is 0. The molecule has 7 heteroatoms. The number of hydrogen-bond acceptors (Lipinski definition) is 5. The summed E-state index contributed by atoms with van der Waals surface area (Å²) in [6.07, 6.45) is 2.52. The van der Waals surface area contributed by atoms with Crippen molar-refractivity contribution in [3.63, 3.8) is 0 Å². The number of amides is 1. The van der Waals surface area contributed by atoms with Crippen LogP contribution >= 0.6 is 0 Å². The third-order valence-electron chi connectivity index (χ3n) is 10.6. The van der Waals surface area contributed by atoms with Crippen molar-refractivity contribution in [1.29, 1.82) is 0 Å². The number of benzene rings is 5. The number of carbonyl (C=O) groups excluding carboxylic acids is 1. The molecule has 0 aromatic heterocycles. The van der Waals surface area contributed by atoms with Crippen molar-refractivity contribution in [2.75, 3.05) is 23.3 Å². The fraction of sp³-hybridized carbons (Fsp3) is 0.283. The van der Waals surface area contributed by atoms with E-state index in [1.807, 2.05) is 91.0 Å². The first-order valence-corrected chi connectivity index (χ1v) is 18.7. The Morgan fingerprint density at radius 2 is 1.47 bits per heavy atom. The molecule has 53 heavy (non-hydrogen) atoms. The summed E-state index contributed by atoms with van der Waals surface area (Å²) in [6.45, 7) is 8.79. The second-order valence-corrected chi connectivity index (χ2v) is 15.2. The molecule has 5 aromatic rings. The Bertz CT molecular complexity index is 2070. The summed E-state index contributed by atoms with van der Waals surface area (Å²) in [5, 5.41) is 14.4. The summed E-state index contributed by atoms with van der Waals surface area (Å²) in [7, 11) is 0. The first kappa shape index (κ1) is 35.9. The quantitative estimate of drug-likeness (QED) is 0.142. The van der Waals surface area contributed by atoms with Gasteiger partial charge in [0.15, 0.2) is 6.04 Å². The van der Waals surface area contributed by atoms with Gasteiger partial charge in [-0.2, -0.15) is 0 Å². The highest BCUT2D eigenvalue weighted by molar-refractivity contribution is 6.17. The van der Waals surface area contributed by atoms with Crippen molar-refractivity contribution in [2.45, 2.75) is 70.1 Å². The van der Waals surface area contributed by atoms with E-state index in [1.165, 1.54) is 11.1 Å². The Labute approximate surface area is 313 Å². The maximum Gasteiger partial charge on any atom is 0.330 e. The molecule has 1 amide bonds. The molecular formula is C46H48N4O3. The second-order valence-electron chi connectivity index (χ2n) is 15.2. The molecule has 7 nitrogen and oxygen atoms in total. The lowest BCUT2D eigenvalue weighted by Gasteiger charge is -2.41. The van der Waals surface area contributed by atoms with E-state index < -0.39 is 18.1 Å². The zero-order valence-electron chi connectivity index (χ0n) is 30.8. The molecule has 0 unspecified atom stereocenters. The summed E-state index contributed by atoms with van der Waals surface area (Å²) in [6, 6.07) is 42.2. The summed E-state index contributed by atoms with van der Waals surface area (Å²) in [4.78, 5) is 37.3. The lowest BCUT2D eigenvalue weighted by Crippen LogP contribution is -2.44. The van der Waals surface area contributed by atoms with Crippen LogP contribution in [0.25, 0.3) is 0 Å². The van der Waals surface area contributed by atoms with Gasteiger partial charge in [-0.3, -0.25) is 14.7 Å². The largest absolute Gasteiger partial charge is 0.480 e. The van der Waals surface area contributed by atoms with Gasteiger partial charge in [0.25, 0.3) is 0 Å². The summed E-state index contributed by atoms with van der Waals surface area (Å²) in [5.74, 6) is -1.08. The zero-order valence-corrected chi connectivity index (χ0v) is 30.8. The van der Waals surface area contributed by atoms with Gasteiger partial charge in [-0.1, -0.05) is 136 Å². The predicted molar refractivity (Wildman–Crippen MR) is 214 cm³/mol. The normalized spacial score (nSPS) is 18.3. The molecule has 0 saturated carbocycles. The standard InChI is InChI=1S/C46H48N4O3/c1-46(2,3)35-24-26-36(27-25-35)50-30-28-33-17-10-11-20-37(33)43(50)42(45(52)53)48-41(34-18-8-5-9-19-34)38-21-12-13-22-39(38)47-44(51)40-23-14-29-49(40)31-32-15-6-4-7-16-32/h4-13,15-22,24-27,40,42-43H,14,23,28-31H2,1-3H3,(H,47,51)(H,52,53)/t40-,42-,43+/m0/s1. The molecule has 270 valence electrons. The van der Waals surface area contributed by atoms with Gasteiger partial charge in [-0.15, -0.1) is 0 Å². The maximum absolute atomic E-state index is 14.0. The van der Waals surface area contributed by atoms with Crippen LogP contribution in [0.2, 0.25) is 0 Å². The van der Waals surface area contributed by atoms with Crippen LogP contribution in [-0.2, 0) is 28.0 Å². The highest BCUT2D eigenvalue weighted by Gasteiger charge is 2.39. The minimum Gasteiger partial charge on any atom is -0.480 e. The van der Waals surface area contributed by atoms with Crippen molar-refractivity contribution in [3.8, 4) is 0 Å². The third kappa shape index (κ3) is 7.96. The number of likely N-dealkylation sites (tertiary alicyclic amines) is 1. The minimum absolute atomic E-state index is 0.00827. The summed E-state index contributed by atoms with van der Waals surface area (Å²) in [5.41, 5.74) is 8.02. The Morgan fingerprint density at radius 3 is 2.19 bits per heavy atom. The number of rotatable bonds is 10. The number of carboxylic acids is 1. The first-order chi connectivity index (χ1) is 25.7. The Hall–Kier alpha value is -5.53. The molecule has 0 radical (unpaired) electrons. The number of carboxylic acid groups (broad SMARTS) is 1. The number of hydrogen-bond donors (Lipinski definition) is 2. The van der Waals surface area contributed by atoms with Crippen molar-refractivity contribution < 1.29 is 14.7 Å². The topological polar surface area (TPSA) is 85.2 Å². The first-order valence-electron chi connectivity index (χ1n) is 18.7. The highest BCUT2D eigenvalue weighted by Crippen LogP contribution is 2.39. The van der Waals surface area contributed by atoms with E-state index in [1.54, 1.807) is 0 Å². The number of nitrogens with one attached hydrogen (secondary N) is 1. The fourth-order valence-corrected chi connectivity index (χ4v) is 7.82. The number of para-hydroxylation sites is 1. The second kappa shape index (κ2) is 15.6. The molecule has 2 N–H and O–H groups in total. The third-order valence-corrected chi connectivity index (χ3v) is 10.6. The van der Waals surface area contributed by atoms with Crippen LogP contribution in [0.5, 0.6) is 0 Å². The van der Waals surface area contributed by atoms with Crippen molar-refractivity contribution in [2.24, 2.45) is 4.99 Å². The molecule has 1 saturated heterocycles. The lowest BCUT2D eigenvalue weighted by molar-refractivity contribution is -0.139. The van der Waals surface area contributed by atoms with Crippen molar-refractivity contribution in [3.05, 3.63) is 167 Å². The van der Waals surface area contributed by atoms with E-state index in [0.717, 1.165) is 48.2 Å². The van der Waals surface area contributed by atoms with Gasteiger partial charge < -0.3 is 15.3 Å². The lowest BCUT2D eigenvalue weighted by atomic mass is 9.85. The fourth-order valence-electron chi connectivity index (χ4n) is 7.82. The molecule has 2 aliphatic rings. The minimum atomic E-state index is -1.16. The van der Waals surface area contributed by atoms with E-state index in [9.17, 15) is 14.7 Å². The van der Waals surface area contributed by atoms with E-state index in [2.05, 4.69) is 78.4 Å². The summed E-state index contributed by atoms with van der Waals surface area (Å²) >= 11 is 0. The Morgan fingerprint density at radius 1 is 0.811 bits per heavy atom. The molecule has 7 rings (SSSR count). The van der Waals surface area contributed by atoms with Crippen molar-refractivity contribution in [1.82, 2.24) is 4.90 Å². The van der Waals surface area contributed by atoms with E-state index in [4.69, 9.17) is 4.99 Å². The van der Waals surface area contributed by atoms with Crippen LogP contribution in [0.4, 0.5) is 11.4 Å². The van der Waals surface area contributed by atoms with E-state index in [0.29, 0.717) is 30.1 Å². The maximum atomic E-state index is 14.0. The van der Waals surface area contributed by atoms with Gasteiger partial charge >= 0.3 is 5.97 Å². The van der Waals surface area contributed by atoms with Crippen LogP contribution < -0.4 is 10.2 Å². The van der Waals surface area contributed by atoms with Gasteiger partial charge in [-0.25, -0.2) is 4.79 Å². The van der Waals surface area contributed by atoms with Gasteiger partial charge in [-0.05, 0) is 71.7 Å². The van der Waals surface area contributed by atoms with Crippen LogP contribution in [-0.4, -0.2) is 52.8 Å². The molecule has 1 fully saturated rings. The van der Waals surface area contributed by atoms with Crippen LogP contribution in [0.1, 0.15) is 73.0 Å². The highest BCUT2D eigenvalue weighted by atomic mass is 16.4. The molecule has 5 aromatic carbocycles. The molecule has 2 aliphatic heterocycles. The number of carbonyl (C=O) groups is 2. The van der Waals surface area contributed by atoms with Crippen LogP contribution in [0.15, 0.2) is 138 Å². The average molecular weight is 705 g/mol. The van der Waals surface area contributed by atoms with Crippen LogP contribution in [0, 0.1) is 0 Å². The van der Waals surface area contributed by atoms with Gasteiger partial charge in [0.2, 0.25) is 5.91 Å². The number of aliphatic carboxylic acids is 1. The molecule has 0 bridgehead atoms. The predicted octanol–water partition coefficient (Wildman–Crippen LogP) is 8.68. The molecular weight excluding hydrogens is 657 g/mol. The van der Waals surface area contributed by atoms with Gasteiger partial charge in [0.05, 0.1) is 23.5 Å². The Kier molecular flexibility index (Phi) is 10.6. The number of fused-ring (bicyclic) bond motifs is 1. The van der Waals surface area contributed by atoms with E-state index >= 15 is 0 Å². The number of aliphatic imine (C=N–C) groups is 1. The van der Waals surface area contributed by atoms with Crippen LogP contribution in [0.3, 0.4) is 0 Å². The molecule has 0 spiro atoms. The molecule has 3 atom stereocenters.